The first-order valence-corrected chi connectivity index (χ1v) is 4.08. The van der Waals surface area contributed by atoms with Crippen LogP contribution in [0.25, 0.3) is 0 Å². The molecule has 0 aliphatic carbocycles. The highest BCUT2D eigenvalue weighted by Gasteiger charge is 2.01. The molecule has 0 aliphatic rings. The van der Waals surface area contributed by atoms with Crippen LogP contribution in [0.3, 0.4) is 0 Å². The third kappa shape index (κ3) is 7.28. The first-order chi connectivity index (χ1) is 5.66. The van der Waals surface area contributed by atoms with E-state index in [0.717, 1.165) is 6.54 Å². The van der Waals surface area contributed by atoms with Gasteiger partial charge in [-0.3, -0.25) is 4.79 Å². The zero-order valence-corrected chi connectivity index (χ0v) is 8.04. The van der Waals surface area contributed by atoms with Gasteiger partial charge in [0.15, 0.2) is 0 Å². The normalized spacial score (nSPS) is 11.0. The Morgan fingerprint density at radius 2 is 2.17 bits per heavy atom. The van der Waals surface area contributed by atoms with Gasteiger partial charge in [0.1, 0.15) is 6.61 Å². The molecule has 0 aromatic heterocycles. The molecule has 0 aromatic carbocycles. The Kier molecular flexibility index (Phi) is 6.38. The number of ether oxygens (including phenoxy) is 1. The van der Waals surface area contributed by atoms with Gasteiger partial charge in [0.05, 0.1) is 6.42 Å². The van der Waals surface area contributed by atoms with Gasteiger partial charge in [0, 0.05) is 6.54 Å². The first-order valence-electron chi connectivity index (χ1n) is 4.08. The number of allylic oxidation sites excluding steroid dienone is 1. The van der Waals surface area contributed by atoms with Crippen LogP contribution >= 0.6 is 0 Å². The van der Waals surface area contributed by atoms with Crippen LogP contribution in [-0.2, 0) is 9.53 Å². The Morgan fingerprint density at radius 1 is 1.50 bits per heavy atom. The van der Waals surface area contributed by atoms with Crippen molar-refractivity contribution in [1.82, 2.24) is 4.90 Å². The average molecular weight is 171 g/mol. The van der Waals surface area contributed by atoms with Crippen LogP contribution in [0.5, 0.6) is 0 Å². The van der Waals surface area contributed by atoms with E-state index in [4.69, 9.17) is 4.74 Å². The van der Waals surface area contributed by atoms with E-state index in [-0.39, 0.29) is 5.97 Å². The molecule has 3 nitrogen and oxygen atoms in total. The van der Waals surface area contributed by atoms with Crippen molar-refractivity contribution in [2.75, 3.05) is 27.2 Å². The Morgan fingerprint density at radius 3 is 2.67 bits per heavy atom. The standard InChI is InChI=1S/C9H17NO2/c1-4-5-8-12-9(11)6-7-10(2)3/h4-5H,6-8H2,1-3H3. The van der Waals surface area contributed by atoms with Gasteiger partial charge < -0.3 is 9.64 Å². The highest BCUT2D eigenvalue weighted by atomic mass is 16.5. The van der Waals surface area contributed by atoms with Crippen LogP contribution in [0, 0.1) is 0 Å². The first kappa shape index (κ1) is 11.2. The summed E-state index contributed by atoms with van der Waals surface area (Å²) in [5, 5.41) is 0. The Hall–Kier alpha value is -0.830. The monoisotopic (exact) mass is 171 g/mol. The van der Waals surface area contributed by atoms with Crippen LogP contribution in [-0.4, -0.2) is 38.1 Å². The summed E-state index contributed by atoms with van der Waals surface area (Å²) >= 11 is 0. The van der Waals surface area contributed by atoms with E-state index in [2.05, 4.69) is 0 Å². The molecule has 0 heterocycles. The van der Waals surface area contributed by atoms with Crippen LogP contribution in [0.1, 0.15) is 13.3 Å². The van der Waals surface area contributed by atoms with E-state index in [0.29, 0.717) is 13.0 Å². The number of esters is 1. The highest BCUT2D eigenvalue weighted by molar-refractivity contribution is 5.69. The zero-order valence-electron chi connectivity index (χ0n) is 8.04. The molecular formula is C9H17NO2. The molecule has 0 spiro atoms. The number of rotatable bonds is 5. The molecule has 0 radical (unpaired) electrons. The Labute approximate surface area is 74.0 Å². The number of nitrogens with zero attached hydrogens (tertiary/aromatic N) is 1. The number of hydrogen-bond donors (Lipinski definition) is 0. The van der Waals surface area contributed by atoms with Crippen molar-refractivity contribution in [1.29, 1.82) is 0 Å². The summed E-state index contributed by atoms with van der Waals surface area (Å²) in [6, 6.07) is 0. The fourth-order valence-electron chi connectivity index (χ4n) is 0.624. The zero-order chi connectivity index (χ0) is 9.40. The lowest BCUT2D eigenvalue weighted by molar-refractivity contribution is -0.142. The topological polar surface area (TPSA) is 29.5 Å². The molecule has 0 rings (SSSR count). The van der Waals surface area contributed by atoms with Crippen molar-refractivity contribution in [2.45, 2.75) is 13.3 Å². The largest absolute Gasteiger partial charge is 0.461 e. The third-order valence-corrected chi connectivity index (χ3v) is 1.34. The minimum atomic E-state index is -0.137. The second-order valence-corrected chi connectivity index (χ2v) is 2.81. The van der Waals surface area contributed by atoms with Crippen molar-refractivity contribution < 1.29 is 9.53 Å². The summed E-state index contributed by atoms with van der Waals surface area (Å²) in [5.41, 5.74) is 0. The predicted molar refractivity (Wildman–Crippen MR) is 48.9 cm³/mol. The van der Waals surface area contributed by atoms with Crippen LogP contribution < -0.4 is 0 Å². The molecule has 0 atom stereocenters. The smallest absolute Gasteiger partial charge is 0.307 e. The lowest BCUT2D eigenvalue weighted by Crippen LogP contribution is -2.17. The molecular weight excluding hydrogens is 154 g/mol. The Balaban J connectivity index is 3.34. The summed E-state index contributed by atoms with van der Waals surface area (Å²) in [6.45, 7) is 3.03. The maximum Gasteiger partial charge on any atom is 0.307 e. The minimum Gasteiger partial charge on any atom is -0.461 e. The molecule has 70 valence electrons. The van der Waals surface area contributed by atoms with Crippen LogP contribution in [0.15, 0.2) is 12.2 Å². The predicted octanol–water partition coefficient (Wildman–Crippen LogP) is 1.06. The maximum atomic E-state index is 10.9. The van der Waals surface area contributed by atoms with Gasteiger partial charge >= 0.3 is 5.97 Å². The van der Waals surface area contributed by atoms with E-state index in [1.165, 1.54) is 0 Å². The SMILES string of the molecule is CC=CCOC(=O)CCN(C)C. The van der Waals surface area contributed by atoms with E-state index >= 15 is 0 Å². The molecule has 0 unspecified atom stereocenters. The third-order valence-electron chi connectivity index (χ3n) is 1.34. The second-order valence-electron chi connectivity index (χ2n) is 2.81. The molecule has 0 aromatic rings. The molecule has 0 amide bonds. The van der Waals surface area contributed by atoms with Crippen LogP contribution in [0.4, 0.5) is 0 Å². The molecule has 0 bridgehead atoms. The minimum absolute atomic E-state index is 0.137. The summed E-state index contributed by atoms with van der Waals surface area (Å²) < 4.78 is 4.88. The molecule has 0 aliphatic heterocycles. The van der Waals surface area contributed by atoms with Crippen molar-refractivity contribution in [3.8, 4) is 0 Å². The van der Waals surface area contributed by atoms with Crippen molar-refractivity contribution >= 4 is 5.97 Å². The summed E-state index contributed by atoms with van der Waals surface area (Å²) in [5.74, 6) is -0.137. The van der Waals surface area contributed by atoms with Gasteiger partial charge in [0.25, 0.3) is 0 Å². The van der Waals surface area contributed by atoms with Crippen molar-refractivity contribution in [3.63, 3.8) is 0 Å². The quantitative estimate of drug-likeness (QED) is 0.457. The second kappa shape index (κ2) is 6.85. The number of carbonyl (C=O) groups excluding carboxylic acids is 1. The Bertz CT molecular complexity index is 153. The lowest BCUT2D eigenvalue weighted by Gasteiger charge is -2.07. The molecule has 0 N–H and O–H groups in total. The summed E-state index contributed by atoms with van der Waals surface area (Å²) in [4.78, 5) is 12.9. The lowest BCUT2D eigenvalue weighted by atomic mass is 10.4. The molecule has 3 heteroatoms. The van der Waals surface area contributed by atoms with Gasteiger partial charge in [-0.1, -0.05) is 12.2 Å². The van der Waals surface area contributed by atoms with Gasteiger partial charge in [-0.15, -0.1) is 0 Å². The van der Waals surface area contributed by atoms with Gasteiger partial charge in [-0.05, 0) is 21.0 Å². The molecule has 0 saturated heterocycles. The van der Waals surface area contributed by atoms with Crippen molar-refractivity contribution in [3.05, 3.63) is 12.2 Å². The maximum absolute atomic E-state index is 10.9. The highest BCUT2D eigenvalue weighted by Crippen LogP contribution is 1.88. The van der Waals surface area contributed by atoms with E-state index in [9.17, 15) is 4.79 Å². The molecule has 12 heavy (non-hydrogen) atoms. The number of carbonyl (C=O) groups is 1. The molecule has 0 saturated carbocycles. The fraction of sp³-hybridized carbons (Fsp3) is 0.667. The van der Waals surface area contributed by atoms with Gasteiger partial charge in [0.2, 0.25) is 0 Å². The van der Waals surface area contributed by atoms with Crippen LogP contribution in [0.2, 0.25) is 0 Å². The van der Waals surface area contributed by atoms with Gasteiger partial charge in [-0.2, -0.15) is 0 Å². The van der Waals surface area contributed by atoms with E-state index in [1.54, 1.807) is 0 Å². The fourth-order valence-corrected chi connectivity index (χ4v) is 0.624. The van der Waals surface area contributed by atoms with Crippen molar-refractivity contribution in [2.24, 2.45) is 0 Å². The summed E-state index contributed by atoms with van der Waals surface area (Å²) in [7, 11) is 3.86. The summed E-state index contributed by atoms with van der Waals surface area (Å²) in [6.07, 6.45) is 4.14. The number of hydrogen-bond acceptors (Lipinski definition) is 3. The molecule has 0 fully saturated rings. The van der Waals surface area contributed by atoms with E-state index < -0.39 is 0 Å². The van der Waals surface area contributed by atoms with Gasteiger partial charge in [-0.25, -0.2) is 0 Å². The van der Waals surface area contributed by atoms with E-state index in [1.807, 2.05) is 38.1 Å². The average Bonchev–Trinajstić information content (AvgIpc) is 2.01.